The Bertz CT molecular complexity index is 695. The SMILES string of the molecule is CC(O)c1ncc(CN2CCN(Cc3ccccc3)C(C#N)C2)s1. The fourth-order valence-corrected chi connectivity index (χ4v) is 3.86. The van der Waals surface area contributed by atoms with E-state index in [9.17, 15) is 10.4 Å². The van der Waals surface area contributed by atoms with Crippen LogP contribution in [0.5, 0.6) is 0 Å². The summed E-state index contributed by atoms with van der Waals surface area (Å²) in [4.78, 5) is 9.95. The van der Waals surface area contributed by atoms with Crippen LogP contribution in [-0.2, 0) is 13.1 Å². The van der Waals surface area contributed by atoms with E-state index in [1.807, 2.05) is 24.4 Å². The number of aliphatic hydroxyl groups excluding tert-OH is 1. The molecule has 5 nitrogen and oxygen atoms in total. The van der Waals surface area contributed by atoms with Crippen molar-refractivity contribution >= 4 is 11.3 Å². The highest BCUT2D eigenvalue weighted by molar-refractivity contribution is 7.11. The summed E-state index contributed by atoms with van der Waals surface area (Å²) < 4.78 is 0. The summed E-state index contributed by atoms with van der Waals surface area (Å²) in [5, 5.41) is 19.9. The van der Waals surface area contributed by atoms with Crippen molar-refractivity contribution in [3.05, 3.63) is 52.0 Å². The summed E-state index contributed by atoms with van der Waals surface area (Å²) in [7, 11) is 0. The predicted octanol–water partition coefficient (Wildman–Crippen LogP) is 2.41. The zero-order valence-corrected chi connectivity index (χ0v) is 14.6. The van der Waals surface area contributed by atoms with Crippen LogP contribution < -0.4 is 0 Å². The molecule has 0 amide bonds. The summed E-state index contributed by atoms with van der Waals surface area (Å²) in [6.45, 7) is 5.91. The van der Waals surface area contributed by atoms with Gasteiger partial charge in [0.05, 0.1) is 6.07 Å². The summed E-state index contributed by atoms with van der Waals surface area (Å²) in [6.07, 6.45) is 1.32. The van der Waals surface area contributed by atoms with E-state index in [-0.39, 0.29) is 6.04 Å². The van der Waals surface area contributed by atoms with E-state index in [1.54, 1.807) is 18.3 Å². The molecule has 1 fully saturated rings. The van der Waals surface area contributed by atoms with Crippen LogP contribution in [0.25, 0.3) is 0 Å². The molecule has 2 aromatic rings. The van der Waals surface area contributed by atoms with Crippen molar-refractivity contribution in [3.8, 4) is 6.07 Å². The Morgan fingerprint density at radius 1 is 1.33 bits per heavy atom. The summed E-state index contributed by atoms with van der Waals surface area (Å²) in [5.74, 6) is 0. The van der Waals surface area contributed by atoms with Gasteiger partial charge in [0.1, 0.15) is 17.2 Å². The van der Waals surface area contributed by atoms with Crippen molar-refractivity contribution in [2.45, 2.75) is 32.2 Å². The molecule has 1 aromatic carbocycles. The van der Waals surface area contributed by atoms with Crippen molar-refractivity contribution in [2.24, 2.45) is 0 Å². The highest BCUT2D eigenvalue weighted by Gasteiger charge is 2.27. The maximum Gasteiger partial charge on any atom is 0.121 e. The minimum absolute atomic E-state index is 0.0943. The van der Waals surface area contributed by atoms with Gasteiger partial charge in [-0.1, -0.05) is 30.3 Å². The van der Waals surface area contributed by atoms with Gasteiger partial charge in [-0.2, -0.15) is 5.26 Å². The van der Waals surface area contributed by atoms with Gasteiger partial charge in [0.2, 0.25) is 0 Å². The van der Waals surface area contributed by atoms with Crippen LogP contribution in [0.3, 0.4) is 0 Å². The molecule has 1 aliphatic heterocycles. The number of piperazine rings is 1. The van der Waals surface area contributed by atoms with Crippen LogP contribution in [0.2, 0.25) is 0 Å². The molecule has 1 aliphatic rings. The first-order valence-corrected chi connectivity index (χ1v) is 9.00. The van der Waals surface area contributed by atoms with E-state index in [1.165, 1.54) is 5.56 Å². The molecule has 1 N–H and O–H groups in total. The standard InChI is InChI=1S/C18H22N4OS/c1-14(23)18-20-10-17(24-18)13-21-7-8-22(16(9-19)12-21)11-15-5-3-2-4-6-15/h2-6,10,14,16,23H,7-8,11-13H2,1H3. The molecule has 0 spiro atoms. The Kier molecular flexibility index (Phi) is 5.59. The topological polar surface area (TPSA) is 63.4 Å². The number of nitrogens with zero attached hydrogens (tertiary/aromatic N) is 4. The van der Waals surface area contributed by atoms with E-state index < -0.39 is 6.10 Å². The summed E-state index contributed by atoms with van der Waals surface area (Å²) in [5.41, 5.74) is 1.25. The molecule has 0 radical (unpaired) electrons. The minimum atomic E-state index is -0.515. The largest absolute Gasteiger partial charge is 0.386 e. The maximum atomic E-state index is 9.58. The normalized spacial score (nSPS) is 20.6. The molecule has 3 rings (SSSR count). The van der Waals surface area contributed by atoms with Gasteiger partial charge in [-0.05, 0) is 12.5 Å². The average Bonchev–Trinajstić information content (AvgIpc) is 3.06. The van der Waals surface area contributed by atoms with Gasteiger partial charge in [-0.25, -0.2) is 4.98 Å². The van der Waals surface area contributed by atoms with Crippen molar-refractivity contribution in [2.75, 3.05) is 19.6 Å². The lowest BCUT2D eigenvalue weighted by atomic mass is 10.1. The first kappa shape index (κ1) is 17.1. The Morgan fingerprint density at radius 3 is 2.79 bits per heavy atom. The number of rotatable bonds is 5. The van der Waals surface area contributed by atoms with Crippen LogP contribution in [0.1, 0.15) is 28.5 Å². The second-order valence-electron chi connectivity index (χ2n) is 6.18. The van der Waals surface area contributed by atoms with E-state index in [4.69, 9.17) is 0 Å². The van der Waals surface area contributed by atoms with Crippen LogP contribution in [0, 0.1) is 11.3 Å². The molecule has 1 aromatic heterocycles. The number of nitriles is 1. The third-order valence-electron chi connectivity index (χ3n) is 4.26. The van der Waals surface area contributed by atoms with Gasteiger partial charge in [-0.3, -0.25) is 9.80 Å². The smallest absolute Gasteiger partial charge is 0.121 e. The number of aliphatic hydroxyl groups is 1. The molecule has 126 valence electrons. The zero-order valence-electron chi connectivity index (χ0n) is 13.8. The van der Waals surface area contributed by atoms with Crippen molar-refractivity contribution in [1.29, 1.82) is 5.26 Å². The predicted molar refractivity (Wildman–Crippen MR) is 94.3 cm³/mol. The van der Waals surface area contributed by atoms with Gasteiger partial charge in [0.25, 0.3) is 0 Å². The first-order chi connectivity index (χ1) is 11.7. The first-order valence-electron chi connectivity index (χ1n) is 8.18. The van der Waals surface area contributed by atoms with Gasteiger partial charge in [0.15, 0.2) is 0 Å². The lowest BCUT2D eigenvalue weighted by Crippen LogP contribution is -2.51. The third-order valence-corrected chi connectivity index (χ3v) is 5.41. The molecular weight excluding hydrogens is 320 g/mol. The van der Waals surface area contributed by atoms with Crippen LogP contribution in [-0.4, -0.2) is 45.6 Å². The Labute approximate surface area is 146 Å². The Hall–Kier alpha value is -1.78. The fraction of sp³-hybridized carbons (Fsp3) is 0.444. The quantitative estimate of drug-likeness (QED) is 0.904. The molecule has 0 aliphatic carbocycles. The third kappa shape index (κ3) is 4.19. The fourth-order valence-electron chi connectivity index (χ4n) is 2.96. The highest BCUT2D eigenvalue weighted by atomic mass is 32.1. The second-order valence-corrected chi connectivity index (χ2v) is 7.32. The molecule has 1 saturated heterocycles. The lowest BCUT2D eigenvalue weighted by Gasteiger charge is -2.38. The van der Waals surface area contributed by atoms with E-state index in [2.05, 4.69) is 33.0 Å². The summed E-state index contributed by atoms with van der Waals surface area (Å²) >= 11 is 1.55. The summed E-state index contributed by atoms with van der Waals surface area (Å²) in [6, 6.07) is 12.7. The minimum Gasteiger partial charge on any atom is -0.386 e. The molecule has 2 heterocycles. The van der Waals surface area contributed by atoms with Crippen molar-refractivity contribution in [1.82, 2.24) is 14.8 Å². The number of aromatic nitrogens is 1. The number of hydrogen-bond acceptors (Lipinski definition) is 6. The van der Waals surface area contributed by atoms with E-state index in [0.29, 0.717) is 0 Å². The van der Waals surface area contributed by atoms with Gasteiger partial charge in [0, 0.05) is 43.8 Å². The Balaban J connectivity index is 1.59. The monoisotopic (exact) mass is 342 g/mol. The molecular formula is C18H22N4OS. The lowest BCUT2D eigenvalue weighted by molar-refractivity contribution is 0.0908. The molecule has 6 heteroatoms. The zero-order chi connectivity index (χ0) is 16.9. The average molecular weight is 342 g/mol. The van der Waals surface area contributed by atoms with Gasteiger partial charge >= 0.3 is 0 Å². The molecule has 2 atom stereocenters. The highest BCUT2D eigenvalue weighted by Crippen LogP contribution is 2.22. The molecule has 24 heavy (non-hydrogen) atoms. The van der Waals surface area contributed by atoms with Crippen molar-refractivity contribution < 1.29 is 5.11 Å². The van der Waals surface area contributed by atoms with Gasteiger partial charge in [-0.15, -0.1) is 11.3 Å². The van der Waals surface area contributed by atoms with Crippen LogP contribution >= 0.6 is 11.3 Å². The number of hydrogen-bond donors (Lipinski definition) is 1. The number of thiazole rings is 1. The maximum absolute atomic E-state index is 9.58. The van der Waals surface area contributed by atoms with Gasteiger partial charge < -0.3 is 5.11 Å². The van der Waals surface area contributed by atoms with Crippen molar-refractivity contribution in [3.63, 3.8) is 0 Å². The second kappa shape index (κ2) is 7.86. The van der Waals surface area contributed by atoms with E-state index in [0.717, 1.165) is 42.6 Å². The molecule has 2 unspecified atom stereocenters. The van der Waals surface area contributed by atoms with Crippen LogP contribution in [0.4, 0.5) is 0 Å². The molecule has 0 bridgehead atoms. The van der Waals surface area contributed by atoms with E-state index >= 15 is 0 Å². The molecule has 0 saturated carbocycles. The van der Waals surface area contributed by atoms with Crippen LogP contribution in [0.15, 0.2) is 36.5 Å². The Morgan fingerprint density at radius 2 is 2.12 bits per heavy atom. The number of benzene rings is 1.